The van der Waals surface area contributed by atoms with Crippen LogP contribution in [0.5, 0.6) is 5.75 Å². The van der Waals surface area contributed by atoms with E-state index in [1.807, 2.05) is 14.1 Å². The van der Waals surface area contributed by atoms with E-state index >= 15 is 0 Å². The average molecular weight is 384 g/mol. The van der Waals surface area contributed by atoms with Crippen molar-refractivity contribution >= 4 is 16.0 Å². The van der Waals surface area contributed by atoms with E-state index in [0.29, 0.717) is 12.1 Å². The highest BCUT2D eigenvalue weighted by Crippen LogP contribution is 2.32. The number of ether oxygens (including phenoxy) is 1. The van der Waals surface area contributed by atoms with Gasteiger partial charge >= 0.3 is 5.97 Å². The monoisotopic (exact) mass is 384 g/mol. The van der Waals surface area contributed by atoms with Gasteiger partial charge in [-0.25, -0.2) is 13.1 Å². The molecule has 26 heavy (non-hydrogen) atoms. The highest BCUT2D eigenvalue weighted by molar-refractivity contribution is 7.89. The summed E-state index contributed by atoms with van der Waals surface area (Å²) in [6.45, 7) is 0.314. The lowest BCUT2D eigenvalue weighted by atomic mass is 9.81. The first-order valence-corrected chi connectivity index (χ1v) is 10.2. The summed E-state index contributed by atoms with van der Waals surface area (Å²) in [5.41, 5.74) is 0.218. The van der Waals surface area contributed by atoms with Gasteiger partial charge in [-0.2, -0.15) is 0 Å². The van der Waals surface area contributed by atoms with Crippen molar-refractivity contribution in [1.82, 2.24) is 9.62 Å². The van der Waals surface area contributed by atoms with E-state index < -0.39 is 16.0 Å². The number of hydrogen-bond donors (Lipinski definition) is 2. The SMILES string of the molecule is COc1ccc(CC(=O)O)cc1S(=O)(=O)NCC1(N(C)C)CCCCC1. The van der Waals surface area contributed by atoms with Crippen LogP contribution < -0.4 is 9.46 Å². The number of carboxylic acids is 1. The fraction of sp³-hybridized carbons (Fsp3) is 0.611. The second-order valence-electron chi connectivity index (χ2n) is 7.06. The van der Waals surface area contributed by atoms with Crippen LogP contribution in [0.25, 0.3) is 0 Å². The van der Waals surface area contributed by atoms with E-state index in [9.17, 15) is 13.2 Å². The van der Waals surface area contributed by atoms with Crippen LogP contribution in [0, 0.1) is 0 Å². The molecule has 0 radical (unpaired) electrons. The first-order chi connectivity index (χ1) is 12.2. The van der Waals surface area contributed by atoms with Crippen molar-refractivity contribution in [1.29, 1.82) is 0 Å². The van der Waals surface area contributed by atoms with Crippen LogP contribution in [0.4, 0.5) is 0 Å². The molecule has 0 aliphatic heterocycles. The first kappa shape index (κ1) is 20.7. The largest absolute Gasteiger partial charge is 0.495 e. The van der Waals surface area contributed by atoms with Crippen LogP contribution >= 0.6 is 0 Å². The number of likely N-dealkylation sites (N-methyl/N-ethyl adjacent to an activating group) is 1. The molecule has 1 aliphatic rings. The molecule has 146 valence electrons. The lowest BCUT2D eigenvalue weighted by Crippen LogP contribution is -2.53. The second kappa shape index (κ2) is 8.37. The number of nitrogens with zero attached hydrogens (tertiary/aromatic N) is 1. The third-order valence-electron chi connectivity index (χ3n) is 5.20. The van der Waals surface area contributed by atoms with E-state index in [0.717, 1.165) is 25.7 Å². The molecule has 1 fully saturated rings. The van der Waals surface area contributed by atoms with Gasteiger partial charge in [0.2, 0.25) is 10.0 Å². The van der Waals surface area contributed by atoms with Crippen LogP contribution in [0.15, 0.2) is 23.1 Å². The van der Waals surface area contributed by atoms with E-state index in [2.05, 4.69) is 9.62 Å². The number of methoxy groups -OCH3 is 1. The number of aliphatic carboxylic acids is 1. The van der Waals surface area contributed by atoms with Gasteiger partial charge in [0.15, 0.2) is 0 Å². The first-order valence-electron chi connectivity index (χ1n) is 8.76. The molecule has 0 aromatic heterocycles. The Kier molecular flexibility index (Phi) is 6.65. The molecule has 7 nitrogen and oxygen atoms in total. The molecule has 1 aromatic carbocycles. The zero-order valence-electron chi connectivity index (χ0n) is 15.6. The average Bonchev–Trinajstić information content (AvgIpc) is 2.60. The summed E-state index contributed by atoms with van der Waals surface area (Å²) in [7, 11) is 1.53. The minimum absolute atomic E-state index is 0.0246. The molecule has 2 N–H and O–H groups in total. The van der Waals surface area contributed by atoms with E-state index in [1.54, 1.807) is 6.07 Å². The summed E-state index contributed by atoms with van der Waals surface area (Å²) in [5, 5.41) is 8.95. The number of hydrogen-bond acceptors (Lipinski definition) is 5. The molecule has 0 bridgehead atoms. The molecule has 1 saturated carbocycles. The Hall–Kier alpha value is -1.64. The van der Waals surface area contributed by atoms with E-state index in [-0.39, 0.29) is 22.6 Å². The number of rotatable bonds is 8. The number of nitrogens with one attached hydrogen (secondary N) is 1. The third-order valence-corrected chi connectivity index (χ3v) is 6.62. The fourth-order valence-electron chi connectivity index (χ4n) is 3.51. The van der Waals surface area contributed by atoms with Gasteiger partial charge in [0.05, 0.1) is 13.5 Å². The maximum absolute atomic E-state index is 12.9. The van der Waals surface area contributed by atoms with Crippen molar-refractivity contribution in [2.45, 2.75) is 49.0 Å². The number of carboxylic acid groups (broad SMARTS) is 1. The quantitative estimate of drug-likeness (QED) is 0.710. The lowest BCUT2D eigenvalue weighted by Gasteiger charge is -2.43. The highest BCUT2D eigenvalue weighted by Gasteiger charge is 2.35. The highest BCUT2D eigenvalue weighted by atomic mass is 32.2. The Balaban J connectivity index is 2.27. The predicted molar refractivity (Wildman–Crippen MR) is 99.0 cm³/mol. The van der Waals surface area contributed by atoms with E-state index in [4.69, 9.17) is 9.84 Å². The van der Waals surface area contributed by atoms with Crippen molar-refractivity contribution in [2.75, 3.05) is 27.7 Å². The Bertz CT molecular complexity index is 740. The van der Waals surface area contributed by atoms with Crippen LogP contribution in [-0.4, -0.2) is 57.7 Å². The summed E-state index contributed by atoms with van der Waals surface area (Å²) < 4.78 is 33.7. The lowest BCUT2D eigenvalue weighted by molar-refractivity contribution is -0.136. The normalized spacial score (nSPS) is 17.2. The van der Waals surface area contributed by atoms with Crippen molar-refractivity contribution in [3.63, 3.8) is 0 Å². The molecule has 1 aromatic rings. The van der Waals surface area contributed by atoms with Crippen molar-refractivity contribution in [3.05, 3.63) is 23.8 Å². The molecule has 0 amide bonds. The molecule has 0 unspecified atom stereocenters. The Morgan fingerprint density at radius 1 is 1.27 bits per heavy atom. The van der Waals surface area contributed by atoms with Crippen molar-refractivity contribution < 1.29 is 23.1 Å². The summed E-state index contributed by atoms with van der Waals surface area (Å²) in [5.74, 6) is -0.811. The van der Waals surface area contributed by atoms with Gasteiger partial charge in [-0.15, -0.1) is 0 Å². The Morgan fingerprint density at radius 3 is 2.46 bits per heavy atom. The van der Waals surface area contributed by atoms with E-state index in [1.165, 1.54) is 25.7 Å². The topological polar surface area (TPSA) is 95.9 Å². The minimum atomic E-state index is -3.83. The summed E-state index contributed by atoms with van der Waals surface area (Å²) in [6.07, 6.45) is 4.98. The van der Waals surface area contributed by atoms with Gasteiger partial charge in [-0.3, -0.25) is 4.79 Å². The summed E-state index contributed by atoms with van der Waals surface area (Å²) >= 11 is 0. The van der Waals surface area contributed by atoms with Gasteiger partial charge in [0, 0.05) is 12.1 Å². The van der Waals surface area contributed by atoms with Gasteiger partial charge in [0.25, 0.3) is 0 Å². The Labute approximate surface area is 155 Å². The molecule has 8 heteroatoms. The summed E-state index contributed by atoms with van der Waals surface area (Å²) in [4.78, 5) is 13.0. The maximum atomic E-state index is 12.9. The molecule has 0 spiro atoms. The zero-order chi connectivity index (χ0) is 19.4. The van der Waals surface area contributed by atoms with Gasteiger partial charge in [-0.05, 0) is 44.6 Å². The standard InChI is InChI=1S/C18H28N2O5S/c1-20(2)18(9-5-4-6-10-18)13-19-26(23,24)16-11-14(12-17(21)22)7-8-15(16)25-3/h7-8,11,19H,4-6,9-10,12-13H2,1-3H3,(H,21,22). The number of benzene rings is 1. The molecule has 2 rings (SSSR count). The molecule has 0 atom stereocenters. The van der Waals surface area contributed by atoms with Gasteiger partial charge in [0.1, 0.15) is 10.6 Å². The van der Waals surface area contributed by atoms with Gasteiger partial charge < -0.3 is 14.7 Å². The smallest absolute Gasteiger partial charge is 0.307 e. The zero-order valence-corrected chi connectivity index (χ0v) is 16.4. The van der Waals surface area contributed by atoms with Crippen LogP contribution in [-0.2, 0) is 21.2 Å². The maximum Gasteiger partial charge on any atom is 0.307 e. The van der Waals surface area contributed by atoms with Crippen molar-refractivity contribution in [3.8, 4) is 5.75 Å². The summed E-state index contributed by atoms with van der Waals surface area (Å²) in [6, 6.07) is 4.43. The molecule has 1 aliphatic carbocycles. The molecular formula is C18H28N2O5S. The minimum Gasteiger partial charge on any atom is -0.495 e. The Morgan fingerprint density at radius 2 is 1.92 bits per heavy atom. The third kappa shape index (κ3) is 4.75. The number of sulfonamides is 1. The number of carbonyl (C=O) groups is 1. The molecule has 0 saturated heterocycles. The molecular weight excluding hydrogens is 356 g/mol. The van der Waals surface area contributed by atoms with Crippen LogP contribution in [0.3, 0.4) is 0 Å². The predicted octanol–water partition coefficient (Wildman–Crippen LogP) is 1.87. The van der Waals surface area contributed by atoms with Crippen LogP contribution in [0.1, 0.15) is 37.7 Å². The molecule has 0 heterocycles. The van der Waals surface area contributed by atoms with Crippen LogP contribution in [0.2, 0.25) is 0 Å². The van der Waals surface area contributed by atoms with Crippen molar-refractivity contribution in [2.24, 2.45) is 0 Å². The van der Waals surface area contributed by atoms with Gasteiger partial charge in [-0.1, -0.05) is 25.3 Å². The fourth-order valence-corrected chi connectivity index (χ4v) is 4.85. The second-order valence-corrected chi connectivity index (χ2v) is 8.80.